The van der Waals surface area contributed by atoms with Gasteiger partial charge in [-0.25, -0.2) is 4.39 Å². The Hall–Kier alpha value is -2.57. The summed E-state index contributed by atoms with van der Waals surface area (Å²) in [5.41, 5.74) is 7.75. The van der Waals surface area contributed by atoms with Crippen LogP contribution in [0.15, 0.2) is 67.2 Å². The molecule has 1 saturated heterocycles. The molecule has 1 heterocycles. The van der Waals surface area contributed by atoms with Gasteiger partial charge in [-0.3, -0.25) is 9.69 Å². The number of carbonyl (C=O) groups excluding carboxylic acids is 1. The van der Waals surface area contributed by atoms with E-state index >= 15 is 0 Å². The third kappa shape index (κ3) is 6.76. The van der Waals surface area contributed by atoms with E-state index in [1.165, 1.54) is 23.2 Å². The highest BCUT2D eigenvalue weighted by Gasteiger charge is 2.25. The van der Waals surface area contributed by atoms with Crippen LogP contribution >= 0.6 is 11.6 Å². The normalized spacial score (nSPS) is 16.3. The molecule has 1 aliphatic heterocycles. The van der Waals surface area contributed by atoms with Crippen molar-refractivity contribution in [2.24, 2.45) is 5.73 Å². The molecule has 1 fully saturated rings. The maximum atomic E-state index is 13.5. The Kier molecular flexibility index (Phi) is 8.96. The molecule has 156 valence electrons. The van der Waals surface area contributed by atoms with Crippen LogP contribution < -0.4 is 11.1 Å². The van der Waals surface area contributed by atoms with E-state index in [0.717, 1.165) is 50.9 Å². The maximum absolute atomic E-state index is 13.5. The number of anilines is 1. The van der Waals surface area contributed by atoms with Crippen LogP contribution in [0.4, 0.5) is 10.1 Å². The molecular weight excluding hydrogens is 391 g/mol. The summed E-state index contributed by atoms with van der Waals surface area (Å²) in [4.78, 5) is 15.5. The molecule has 2 rings (SSSR count). The molecule has 0 bridgehead atoms. The van der Waals surface area contributed by atoms with Gasteiger partial charge in [0.05, 0.1) is 5.02 Å². The van der Waals surface area contributed by atoms with E-state index in [0.29, 0.717) is 5.69 Å². The SMILES string of the molecule is C=C/C=C(\C=C)CCN1CCC(N(C=O)/C(N)=C/Nc2ccc(Cl)c(F)c2)CC1. The van der Waals surface area contributed by atoms with E-state index in [2.05, 4.69) is 23.4 Å². The maximum Gasteiger partial charge on any atom is 0.215 e. The van der Waals surface area contributed by atoms with Crippen molar-refractivity contribution in [3.8, 4) is 0 Å². The molecule has 0 radical (unpaired) electrons. The topological polar surface area (TPSA) is 61.6 Å². The Bertz CT molecular complexity index is 785. The second kappa shape index (κ2) is 11.4. The molecule has 29 heavy (non-hydrogen) atoms. The van der Waals surface area contributed by atoms with Crippen molar-refractivity contribution < 1.29 is 9.18 Å². The minimum absolute atomic E-state index is 0.0337. The fourth-order valence-electron chi connectivity index (χ4n) is 3.29. The zero-order valence-electron chi connectivity index (χ0n) is 16.5. The number of piperidine rings is 1. The smallest absolute Gasteiger partial charge is 0.215 e. The molecule has 3 N–H and O–H groups in total. The van der Waals surface area contributed by atoms with E-state index in [-0.39, 0.29) is 16.9 Å². The van der Waals surface area contributed by atoms with Crippen molar-refractivity contribution in [3.05, 3.63) is 78.0 Å². The molecule has 0 spiro atoms. The van der Waals surface area contributed by atoms with Gasteiger partial charge in [-0.05, 0) is 43.0 Å². The van der Waals surface area contributed by atoms with Gasteiger partial charge in [0.25, 0.3) is 0 Å². The third-order valence-corrected chi connectivity index (χ3v) is 5.29. The second-order valence-corrected chi connectivity index (χ2v) is 7.27. The number of nitrogens with one attached hydrogen (secondary N) is 1. The molecule has 5 nitrogen and oxygen atoms in total. The fourth-order valence-corrected chi connectivity index (χ4v) is 3.41. The molecular formula is C22H28ClFN4O. The van der Waals surface area contributed by atoms with Gasteiger partial charge in [0.2, 0.25) is 6.41 Å². The minimum Gasteiger partial charge on any atom is -0.384 e. The van der Waals surface area contributed by atoms with E-state index < -0.39 is 5.82 Å². The molecule has 1 amide bonds. The lowest BCUT2D eigenvalue weighted by atomic mass is 10.0. The number of benzene rings is 1. The molecule has 0 atom stereocenters. The number of amides is 1. The summed E-state index contributed by atoms with van der Waals surface area (Å²) in [7, 11) is 0. The van der Waals surface area contributed by atoms with Gasteiger partial charge in [0.1, 0.15) is 11.6 Å². The molecule has 1 aromatic carbocycles. The molecule has 0 unspecified atom stereocenters. The number of hydrogen-bond donors (Lipinski definition) is 2. The first-order chi connectivity index (χ1) is 14.0. The van der Waals surface area contributed by atoms with Crippen LogP contribution in [0.2, 0.25) is 5.02 Å². The number of nitrogens with zero attached hydrogens (tertiary/aromatic N) is 2. The quantitative estimate of drug-likeness (QED) is 0.440. The lowest BCUT2D eigenvalue weighted by Gasteiger charge is -2.36. The largest absolute Gasteiger partial charge is 0.384 e. The van der Waals surface area contributed by atoms with E-state index in [9.17, 15) is 9.18 Å². The van der Waals surface area contributed by atoms with Gasteiger partial charge in [-0.15, -0.1) is 0 Å². The highest BCUT2D eigenvalue weighted by atomic mass is 35.5. The summed E-state index contributed by atoms with van der Waals surface area (Å²) >= 11 is 5.68. The average molecular weight is 419 g/mol. The first-order valence-corrected chi connectivity index (χ1v) is 9.93. The summed E-state index contributed by atoms with van der Waals surface area (Å²) in [6.07, 6.45) is 10.4. The Labute approximate surface area is 177 Å². The van der Waals surface area contributed by atoms with Gasteiger partial charge in [0.15, 0.2) is 0 Å². The van der Waals surface area contributed by atoms with Crippen molar-refractivity contribution >= 4 is 23.7 Å². The first-order valence-electron chi connectivity index (χ1n) is 9.55. The van der Waals surface area contributed by atoms with Crippen molar-refractivity contribution in [2.75, 3.05) is 25.0 Å². The highest BCUT2D eigenvalue weighted by molar-refractivity contribution is 6.30. The number of likely N-dealkylation sites (tertiary alicyclic amines) is 1. The predicted octanol–water partition coefficient (Wildman–Crippen LogP) is 4.26. The van der Waals surface area contributed by atoms with Crippen LogP contribution in [0, 0.1) is 5.82 Å². The second-order valence-electron chi connectivity index (χ2n) is 6.86. The molecule has 0 aliphatic carbocycles. The Morgan fingerprint density at radius 1 is 1.38 bits per heavy atom. The van der Waals surface area contributed by atoms with E-state index in [4.69, 9.17) is 17.3 Å². The average Bonchev–Trinajstić information content (AvgIpc) is 2.73. The van der Waals surface area contributed by atoms with Crippen molar-refractivity contribution in [1.82, 2.24) is 9.80 Å². The Balaban J connectivity index is 1.89. The summed E-state index contributed by atoms with van der Waals surface area (Å²) in [6, 6.07) is 4.40. The van der Waals surface area contributed by atoms with Crippen LogP contribution in [-0.2, 0) is 4.79 Å². The van der Waals surface area contributed by atoms with Crippen LogP contribution in [0.25, 0.3) is 0 Å². The summed E-state index contributed by atoms with van der Waals surface area (Å²) < 4.78 is 13.5. The van der Waals surface area contributed by atoms with Crippen LogP contribution in [0.1, 0.15) is 19.3 Å². The van der Waals surface area contributed by atoms with Crippen molar-refractivity contribution in [3.63, 3.8) is 0 Å². The Morgan fingerprint density at radius 3 is 2.69 bits per heavy atom. The number of carbonyl (C=O) groups is 1. The van der Waals surface area contributed by atoms with Crippen molar-refractivity contribution in [1.29, 1.82) is 0 Å². The highest BCUT2D eigenvalue weighted by Crippen LogP contribution is 2.21. The molecule has 7 heteroatoms. The fraction of sp³-hybridized carbons (Fsp3) is 0.318. The van der Waals surface area contributed by atoms with Gasteiger partial charge in [-0.1, -0.05) is 43.0 Å². The number of nitrogens with two attached hydrogens (primary N) is 1. The van der Waals surface area contributed by atoms with Gasteiger partial charge in [-0.2, -0.15) is 0 Å². The zero-order valence-corrected chi connectivity index (χ0v) is 17.2. The van der Waals surface area contributed by atoms with Crippen LogP contribution in [0.3, 0.4) is 0 Å². The number of hydrogen-bond acceptors (Lipinski definition) is 4. The minimum atomic E-state index is -0.522. The monoisotopic (exact) mass is 418 g/mol. The van der Waals surface area contributed by atoms with E-state index in [1.54, 1.807) is 12.1 Å². The third-order valence-electron chi connectivity index (χ3n) is 4.98. The van der Waals surface area contributed by atoms with Crippen molar-refractivity contribution in [2.45, 2.75) is 25.3 Å². The summed E-state index contributed by atoms with van der Waals surface area (Å²) in [5, 5.41) is 2.96. The zero-order chi connectivity index (χ0) is 21.2. The van der Waals surface area contributed by atoms with Gasteiger partial charge in [0, 0.05) is 37.6 Å². The molecule has 0 saturated carbocycles. The standard InChI is InChI=1S/C22H28ClFN4O/c1-3-5-17(4-2)8-11-27-12-9-19(10-13-27)28(16-29)22(25)15-26-18-6-7-20(23)21(24)14-18/h3-7,14-16,19,26H,1-2,8-13,25H2/b17-5+,22-15+. The molecule has 1 aliphatic rings. The molecule has 0 aromatic heterocycles. The van der Waals surface area contributed by atoms with E-state index in [1.807, 2.05) is 12.2 Å². The Morgan fingerprint density at radius 2 is 2.10 bits per heavy atom. The first kappa shape index (κ1) is 22.7. The van der Waals surface area contributed by atoms with Gasteiger partial charge < -0.3 is 16.0 Å². The lowest BCUT2D eigenvalue weighted by Crippen LogP contribution is -2.45. The number of allylic oxidation sites excluding steroid dienone is 3. The predicted molar refractivity (Wildman–Crippen MR) is 118 cm³/mol. The summed E-state index contributed by atoms with van der Waals surface area (Å²) in [6.45, 7) is 10.3. The van der Waals surface area contributed by atoms with Crippen LogP contribution in [-0.4, -0.2) is 41.9 Å². The number of rotatable bonds is 10. The number of halogens is 2. The van der Waals surface area contributed by atoms with Crippen LogP contribution in [0.5, 0.6) is 0 Å². The molecule has 1 aromatic rings. The summed E-state index contributed by atoms with van der Waals surface area (Å²) in [5.74, 6) is -0.234. The lowest BCUT2D eigenvalue weighted by molar-refractivity contribution is -0.119. The van der Waals surface area contributed by atoms with Gasteiger partial charge >= 0.3 is 0 Å².